The van der Waals surface area contributed by atoms with E-state index in [2.05, 4.69) is 12.2 Å². The van der Waals surface area contributed by atoms with E-state index in [0.717, 1.165) is 30.0 Å². The van der Waals surface area contributed by atoms with Crippen LogP contribution in [-0.2, 0) is 0 Å². The molecular weight excluding hydrogens is 230 g/mol. The number of hydrogen-bond donors (Lipinski definition) is 2. The van der Waals surface area contributed by atoms with Gasteiger partial charge in [0.25, 0.3) is 0 Å². The van der Waals surface area contributed by atoms with E-state index in [1.807, 2.05) is 18.2 Å². The van der Waals surface area contributed by atoms with Crippen LogP contribution in [0.25, 0.3) is 0 Å². The molecule has 1 atom stereocenters. The lowest BCUT2D eigenvalue weighted by atomic mass is 10.0. The van der Waals surface area contributed by atoms with Gasteiger partial charge in [-0.2, -0.15) is 0 Å². The average Bonchev–Trinajstić information content (AvgIpc) is 2.43. The van der Waals surface area contributed by atoms with E-state index in [1.54, 1.807) is 0 Å². The Bertz CT molecular complexity index is 381. The smallest absolute Gasteiger partial charge is 0.161 e. The molecule has 1 aliphatic rings. The summed E-state index contributed by atoms with van der Waals surface area (Å²) in [7, 11) is 0. The number of ether oxygens (including phenoxy) is 2. The molecule has 1 aromatic carbocycles. The van der Waals surface area contributed by atoms with Crippen LogP contribution >= 0.6 is 0 Å². The van der Waals surface area contributed by atoms with Crippen molar-refractivity contribution in [2.45, 2.75) is 25.8 Å². The first-order chi connectivity index (χ1) is 8.85. The predicted molar refractivity (Wildman–Crippen MR) is 70.2 cm³/mol. The lowest BCUT2D eigenvalue weighted by molar-refractivity contribution is 0.171. The van der Waals surface area contributed by atoms with Gasteiger partial charge in [0.15, 0.2) is 11.5 Å². The summed E-state index contributed by atoms with van der Waals surface area (Å²) in [5, 5.41) is 12.6. The first-order valence-corrected chi connectivity index (χ1v) is 6.59. The lowest BCUT2D eigenvalue weighted by Gasteiger charge is -2.22. The molecule has 4 heteroatoms. The number of benzene rings is 1. The SMILES string of the molecule is CCCNC(CCO)c1ccc2c(c1)OCCO2. The highest BCUT2D eigenvalue weighted by molar-refractivity contribution is 5.44. The molecule has 100 valence electrons. The summed E-state index contributed by atoms with van der Waals surface area (Å²) < 4.78 is 11.1. The maximum Gasteiger partial charge on any atom is 0.161 e. The Morgan fingerprint density at radius 3 is 2.78 bits per heavy atom. The molecule has 0 amide bonds. The van der Waals surface area contributed by atoms with Crippen molar-refractivity contribution in [1.82, 2.24) is 5.32 Å². The Hall–Kier alpha value is -1.26. The summed E-state index contributed by atoms with van der Waals surface area (Å²) >= 11 is 0. The van der Waals surface area contributed by atoms with Crippen LogP contribution in [0.1, 0.15) is 31.4 Å². The molecule has 0 radical (unpaired) electrons. The second-order valence-corrected chi connectivity index (χ2v) is 4.42. The molecule has 0 aromatic heterocycles. The summed E-state index contributed by atoms with van der Waals surface area (Å²) in [5.74, 6) is 1.61. The van der Waals surface area contributed by atoms with Crippen LogP contribution in [0.2, 0.25) is 0 Å². The van der Waals surface area contributed by atoms with Gasteiger partial charge in [0.05, 0.1) is 0 Å². The number of hydrogen-bond acceptors (Lipinski definition) is 4. The minimum absolute atomic E-state index is 0.172. The standard InChI is InChI=1S/C14H21NO3/c1-2-6-15-12(5-7-16)11-3-4-13-14(10-11)18-9-8-17-13/h3-4,10,12,15-16H,2,5-9H2,1H3. The van der Waals surface area contributed by atoms with Crippen LogP contribution in [0.5, 0.6) is 11.5 Å². The minimum Gasteiger partial charge on any atom is -0.486 e. The van der Waals surface area contributed by atoms with E-state index in [9.17, 15) is 0 Å². The van der Waals surface area contributed by atoms with Gasteiger partial charge in [0, 0.05) is 12.6 Å². The fourth-order valence-corrected chi connectivity index (χ4v) is 2.11. The van der Waals surface area contributed by atoms with Crippen molar-refractivity contribution >= 4 is 0 Å². The van der Waals surface area contributed by atoms with Crippen molar-refractivity contribution in [2.24, 2.45) is 0 Å². The molecule has 1 aliphatic heterocycles. The Kier molecular flexibility index (Phi) is 4.84. The molecular formula is C14H21NO3. The fraction of sp³-hybridized carbons (Fsp3) is 0.571. The highest BCUT2D eigenvalue weighted by atomic mass is 16.6. The highest BCUT2D eigenvalue weighted by Crippen LogP contribution is 2.33. The summed E-state index contributed by atoms with van der Waals surface area (Å²) in [6.45, 7) is 4.46. The van der Waals surface area contributed by atoms with Gasteiger partial charge in [0.1, 0.15) is 13.2 Å². The van der Waals surface area contributed by atoms with Gasteiger partial charge < -0.3 is 19.9 Å². The van der Waals surface area contributed by atoms with E-state index in [0.29, 0.717) is 19.6 Å². The topological polar surface area (TPSA) is 50.7 Å². The van der Waals surface area contributed by atoms with Crippen molar-refractivity contribution in [3.8, 4) is 11.5 Å². The number of fused-ring (bicyclic) bond motifs is 1. The number of aliphatic hydroxyl groups is 1. The quantitative estimate of drug-likeness (QED) is 0.810. The van der Waals surface area contributed by atoms with Gasteiger partial charge in [0.2, 0.25) is 0 Å². The third kappa shape index (κ3) is 3.15. The normalized spacial score (nSPS) is 15.4. The molecule has 0 spiro atoms. The molecule has 0 aliphatic carbocycles. The van der Waals surface area contributed by atoms with Crippen LogP contribution in [0.3, 0.4) is 0 Å². The monoisotopic (exact) mass is 251 g/mol. The van der Waals surface area contributed by atoms with Gasteiger partial charge in [-0.3, -0.25) is 0 Å². The van der Waals surface area contributed by atoms with Crippen molar-refractivity contribution in [3.63, 3.8) is 0 Å². The number of nitrogens with one attached hydrogen (secondary N) is 1. The summed E-state index contributed by atoms with van der Waals surface area (Å²) in [6, 6.07) is 6.17. The third-order valence-electron chi connectivity index (χ3n) is 3.03. The van der Waals surface area contributed by atoms with E-state index >= 15 is 0 Å². The molecule has 0 fully saturated rings. The summed E-state index contributed by atoms with van der Waals surface area (Å²) in [6.07, 6.45) is 1.78. The molecule has 1 unspecified atom stereocenters. The second kappa shape index (κ2) is 6.61. The van der Waals surface area contributed by atoms with E-state index in [4.69, 9.17) is 14.6 Å². The Labute approximate surface area is 108 Å². The van der Waals surface area contributed by atoms with Gasteiger partial charge in [-0.25, -0.2) is 0 Å². The van der Waals surface area contributed by atoms with Crippen LogP contribution in [0.15, 0.2) is 18.2 Å². The maximum absolute atomic E-state index is 9.14. The largest absolute Gasteiger partial charge is 0.486 e. The molecule has 1 aromatic rings. The van der Waals surface area contributed by atoms with Crippen LogP contribution in [-0.4, -0.2) is 31.5 Å². The first kappa shape index (κ1) is 13.2. The molecule has 2 N–H and O–H groups in total. The summed E-state index contributed by atoms with van der Waals surface area (Å²) in [4.78, 5) is 0. The molecule has 0 saturated heterocycles. The zero-order valence-corrected chi connectivity index (χ0v) is 10.8. The summed E-state index contributed by atoms with van der Waals surface area (Å²) in [5.41, 5.74) is 1.14. The molecule has 4 nitrogen and oxygen atoms in total. The van der Waals surface area contributed by atoms with E-state index in [-0.39, 0.29) is 12.6 Å². The van der Waals surface area contributed by atoms with Crippen molar-refractivity contribution in [2.75, 3.05) is 26.4 Å². The third-order valence-corrected chi connectivity index (χ3v) is 3.03. The Morgan fingerprint density at radius 1 is 1.28 bits per heavy atom. The molecule has 18 heavy (non-hydrogen) atoms. The van der Waals surface area contributed by atoms with Crippen LogP contribution in [0.4, 0.5) is 0 Å². The second-order valence-electron chi connectivity index (χ2n) is 4.42. The zero-order valence-electron chi connectivity index (χ0n) is 10.8. The predicted octanol–water partition coefficient (Wildman–Crippen LogP) is 1.88. The minimum atomic E-state index is 0.172. The Balaban J connectivity index is 2.13. The fourth-order valence-electron chi connectivity index (χ4n) is 2.11. The van der Waals surface area contributed by atoms with Crippen molar-refractivity contribution < 1.29 is 14.6 Å². The number of aliphatic hydroxyl groups excluding tert-OH is 1. The highest BCUT2D eigenvalue weighted by Gasteiger charge is 2.16. The zero-order chi connectivity index (χ0) is 12.8. The average molecular weight is 251 g/mol. The Morgan fingerprint density at radius 2 is 2.06 bits per heavy atom. The molecule has 0 bridgehead atoms. The van der Waals surface area contributed by atoms with Crippen LogP contribution in [0, 0.1) is 0 Å². The molecule has 1 heterocycles. The van der Waals surface area contributed by atoms with Gasteiger partial charge in [-0.15, -0.1) is 0 Å². The molecule has 0 saturated carbocycles. The first-order valence-electron chi connectivity index (χ1n) is 6.59. The lowest BCUT2D eigenvalue weighted by Crippen LogP contribution is -2.23. The van der Waals surface area contributed by atoms with E-state index in [1.165, 1.54) is 0 Å². The van der Waals surface area contributed by atoms with Crippen molar-refractivity contribution in [1.29, 1.82) is 0 Å². The molecule has 2 rings (SSSR count). The van der Waals surface area contributed by atoms with Gasteiger partial charge in [-0.1, -0.05) is 13.0 Å². The van der Waals surface area contributed by atoms with E-state index < -0.39 is 0 Å². The van der Waals surface area contributed by atoms with Gasteiger partial charge in [-0.05, 0) is 37.1 Å². The number of rotatable bonds is 6. The van der Waals surface area contributed by atoms with Gasteiger partial charge >= 0.3 is 0 Å². The van der Waals surface area contributed by atoms with Crippen molar-refractivity contribution in [3.05, 3.63) is 23.8 Å². The maximum atomic E-state index is 9.14. The van der Waals surface area contributed by atoms with Crippen LogP contribution < -0.4 is 14.8 Å².